The topological polar surface area (TPSA) is 69.0 Å². The lowest BCUT2D eigenvalue weighted by Crippen LogP contribution is -2.28. The summed E-state index contributed by atoms with van der Waals surface area (Å²) in [5.74, 6) is 1.94. The minimum Gasteiger partial charge on any atom is -0.493 e. The van der Waals surface area contributed by atoms with E-state index < -0.39 is 6.04 Å². The molecule has 0 bridgehead atoms. The summed E-state index contributed by atoms with van der Waals surface area (Å²) in [6, 6.07) is 13.2. The first-order chi connectivity index (χ1) is 16.4. The molecule has 178 valence electrons. The molecule has 0 spiro atoms. The van der Waals surface area contributed by atoms with Gasteiger partial charge in [0.25, 0.3) is 0 Å². The van der Waals surface area contributed by atoms with E-state index in [0.717, 1.165) is 39.9 Å². The number of hydrogen-bond acceptors (Lipinski definition) is 6. The van der Waals surface area contributed by atoms with Crippen LogP contribution in [0.2, 0.25) is 5.02 Å². The molecular formula is C25H26BrClN4O2S. The van der Waals surface area contributed by atoms with E-state index in [0.29, 0.717) is 34.1 Å². The Labute approximate surface area is 217 Å². The fourth-order valence-corrected chi connectivity index (χ4v) is 5.38. The molecule has 0 radical (unpaired) electrons. The molecule has 6 nitrogen and oxygen atoms in total. The number of unbranched alkanes of at least 4 members (excludes halogenated alkanes) is 1. The summed E-state index contributed by atoms with van der Waals surface area (Å²) in [5.41, 5.74) is 3.28. The van der Waals surface area contributed by atoms with Gasteiger partial charge in [-0.05, 0) is 50.1 Å². The van der Waals surface area contributed by atoms with Crippen molar-refractivity contribution in [2.24, 2.45) is 0 Å². The highest BCUT2D eigenvalue weighted by Gasteiger charge is 2.34. The van der Waals surface area contributed by atoms with Gasteiger partial charge in [0, 0.05) is 32.1 Å². The molecule has 0 saturated carbocycles. The Balaban J connectivity index is 1.73. The second-order valence-electron chi connectivity index (χ2n) is 8.05. The minimum atomic E-state index is -0.454. The van der Waals surface area contributed by atoms with Gasteiger partial charge in [-0.3, -0.25) is 4.79 Å². The number of allylic oxidation sites excluding steroid dienone is 2. The number of carbonyl (C=O) groups is 1. The fraction of sp³-hybridized carbons (Fsp3) is 0.320. The van der Waals surface area contributed by atoms with Gasteiger partial charge in [-0.2, -0.15) is 4.98 Å². The van der Waals surface area contributed by atoms with E-state index in [1.807, 2.05) is 49.4 Å². The van der Waals surface area contributed by atoms with Gasteiger partial charge in [-0.15, -0.1) is 5.10 Å². The monoisotopic (exact) mass is 560 g/mol. The number of benzene rings is 2. The SMILES string of the molecule is CCCCOc1ccc(Br)cc1C1C(C(C)=O)=C(C)Nc2nc(SCc3ccccc3Cl)nn21. The number of hydrogen-bond donors (Lipinski definition) is 1. The number of carbonyl (C=O) groups excluding carboxylic acids is 1. The van der Waals surface area contributed by atoms with E-state index >= 15 is 0 Å². The average Bonchev–Trinajstić information content (AvgIpc) is 3.21. The lowest BCUT2D eigenvalue weighted by Gasteiger charge is -2.29. The number of aromatic nitrogens is 3. The number of Topliss-reactive ketones (excluding diaryl/α,β-unsaturated/α-hetero) is 1. The Bertz CT molecular complexity index is 1240. The Morgan fingerprint density at radius 1 is 1.29 bits per heavy atom. The minimum absolute atomic E-state index is 0.0269. The zero-order valence-corrected chi connectivity index (χ0v) is 22.4. The molecule has 2 aromatic carbocycles. The normalized spacial score (nSPS) is 15.1. The van der Waals surface area contributed by atoms with Gasteiger partial charge >= 0.3 is 0 Å². The highest BCUT2D eigenvalue weighted by molar-refractivity contribution is 9.10. The zero-order chi connectivity index (χ0) is 24.2. The van der Waals surface area contributed by atoms with Gasteiger partial charge in [0.15, 0.2) is 5.78 Å². The van der Waals surface area contributed by atoms with Crippen molar-refractivity contribution in [3.8, 4) is 5.75 Å². The number of rotatable bonds is 9. The van der Waals surface area contributed by atoms with Crippen molar-refractivity contribution < 1.29 is 9.53 Å². The summed E-state index contributed by atoms with van der Waals surface area (Å²) in [7, 11) is 0. The molecule has 0 aliphatic carbocycles. The van der Waals surface area contributed by atoms with Crippen LogP contribution in [0.5, 0.6) is 5.75 Å². The lowest BCUT2D eigenvalue weighted by atomic mass is 9.92. The first-order valence-electron chi connectivity index (χ1n) is 11.1. The predicted octanol–water partition coefficient (Wildman–Crippen LogP) is 7.04. The van der Waals surface area contributed by atoms with Crippen LogP contribution in [-0.2, 0) is 10.5 Å². The molecule has 9 heteroatoms. The first kappa shape index (κ1) is 24.8. The third-order valence-electron chi connectivity index (χ3n) is 5.55. The molecule has 34 heavy (non-hydrogen) atoms. The lowest BCUT2D eigenvalue weighted by molar-refractivity contribution is -0.114. The number of halogens is 2. The maximum Gasteiger partial charge on any atom is 0.227 e. The molecule has 1 aliphatic heterocycles. The summed E-state index contributed by atoms with van der Waals surface area (Å²) < 4.78 is 8.82. The van der Waals surface area contributed by atoms with Crippen LogP contribution in [-0.4, -0.2) is 27.2 Å². The molecule has 1 unspecified atom stereocenters. The van der Waals surface area contributed by atoms with E-state index in [9.17, 15) is 4.79 Å². The maximum atomic E-state index is 12.8. The number of anilines is 1. The largest absolute Gasteiger partial charge is 0.493 e. The number of nitrogens with one attached hydrogen (secondary N) is 1. The molecule has 3 aromatic rings. The third-order valence-corrected chi connectivity index (χ3v) is 7.30. The van der Waals surface area contributed by atoms with E-state index in [2.05, 4.69) is 28.2 Å². The molecule has 0 amide bonds. The average molecular weight is 562 g/mol. The highest BCUT2D eigenvalue weighted by atomic mass is 79.9. The van der Waals surface area contributed by atoms with Crippen molar-refractivity contribution in [3.05, 3.63) is 74.4 Å². The quantitative estimate of drug-likeness (QED) is 0.223. The van der Waals surface area contributed by atoms with E-state index in [1.165, 1.54) is 11.8 Å². The molecule has 0 saturated heterocycles. The Hall–Kier alpha value is -2.29. The Kier molecular flexibility index (Phi) is 8.01. The van der Waals surface area contributed by atoms with Crippen molar-refractivity contribution >= 4 is 51.0 Å². The smallest absolute Gasteiger partial charge is 0.227 e. The first-order valence-corrected chi connectivity index (χ1v) is 13.3. The van der Waals surface area contributed by atoms with E-state index in [-0.39, 0.29) is 5.78 Å². The van der Waals surface area contributed by atoms with Gasteiger partial charge in [0.2, 0.25) is 11.1 Å². The second kappa shape index (κ2) is 11.0. The van der Waals surface area contributed by atoms with Crippen molar-refractivity contribution in [1.82, 2.24) is 14.8 Å². The van der Waals surface area contributed by atoms with Crippen LogP contribution < -0.4 is 10.1 Å². The number of ketones is 1. The third kappa shape index (κ3) is 5.34. The highest BCUT2D eigenvalue weighted by Crippen LogP contribution is 2.41. The van der Waals surface area contributed by atoms with Crippen LogP contribution in [0.15, 0.2) is 63.4 Å². The van der Waals surface area contributed by atoms with Crippen molar-refractivity contribution in [1.29, 1.82) is 0 Å². The van der Waals surface area contributed by atoms with Crippen LogP contribution >= 0.6 is 39.3 Å². The summed E-state index contributed by atoms with van der Waals surface area (Å²) >= 11 is 11.4. The standard InChI is InChI=1S/C25H26BrClN4O2S/c1-4-5-12-33-21-11-10-18(26)13-19(21)23-22(16(3)32)15(2)28-24-29-25(30-31(23)24)34-14-17-8-6-7-9-20(17)27/h6-11,13,23H,4-5,12,14H2,1-3H3,(H,28,29,30). The molecule has 1 aromatic heterocycles. The van der Waals surface area contributed by atoms with Gasteiger partial charge in [0.1, 0.15) is 11.8 Å². The number of fused-ring (bicyclic) bond motifs is 1. The zero-order valence-electron chi connectivity index (χ0n) is 19.3. The summed E-state index contributed by atoms with van der Waals surface area (Å²) in [4.78, 5) is 17.5. The molecule has 1 N–H and O–H groups in total. The molecule has 2 heterocycles. The number of nitrogens with zero attached hydrogens (tertiary/aromatic N) is 3. The van der Waals surface area contributed by atoms with Gasteiger partial charge in [0.05, 0.1) is 6.61 Å². The second-order valence-corrected chi connectivity index (χ2v) is 10.3. The van der Waals surface area contributed by atoms with Crippen LogP contribution in [0, 0.1) is 0 Å². The van der Waals surface area contributed by atoms with E-state index in [1.54, 1.807) is 11.6 Å². The van der Waals surface area contributed by atoms with E-state index in [4.69, 9.17) is 26.4 Å². The van der Waals surface area contributed by atoms with Crippen molar-refractivity contribution in [2.75, 3.05) is 11.9 Å². The van der Waals surface area contributed by atoms with Crippen molar-refractivity contribution in [3.63, 3.8) is 0 Å². The predicted molar refractivity (Wildman–Crippen MR) is 141 cm³/mol. The van der Waals surface area contributed by atoms with Crippen molar-refractivity contribution in [2.45, 2.75) is 50.6 Å². The summed E-state index contributed by atoms with van der Waals surface area (Å²) in [6.07, 6.45) is 1.99. The van der Waals surface area contributed by atoms with Crippen LogP contribution in [0.4, 0.5) is 5.95 Å². The fourth-order valence-electron chi connectivity index (χ4n) is 3.88. The van der Waals surface area contributed by atoms with Gasteiger partial charge in [-0.25, -0.2) is 4.68 Å². The number of ether oxygens (including phenoxy) is 1. The Morgan fingerprint density at radius 2 is 2.09 bits per heavy atom. The molecular weight excluding hydrogens is 536 g/mol. The summed E-state index contributed by atoms with van der Waals surface area (Å²) in [5, 5.41) is 9.38. The van der Waals surface area contributed by atoms with Crippen LogP contribution in [0.3, 0.4) is 0 Å². The molecule has 4 rings (SSSR count). The van der Waals surface area contributed by atoms with Crippen LogP contribution in [0.25, 0.3) is 0 Å². The van der Waals surface area contributed by atoms with Crippen LogP contribution in [0.1, 0.15) is 50.8 Å². The summed E-state index contributed by atoms with van der Waals surface area (Å²) in [6.45, 7) is 6.21. The van der Waals surface area contributed by atoms with Gasteiger partial charge in [-0.1, -0.05) is 70.8 Å². The Morgan fingerprint density at radius 3 is 2.82 bits per heavy atom. The molecule has 1 aliphatic rings. The molecule has 0 fully saturated rings. The molecule has 1 atom stereocenters. The number of thioether (sulfide) groups is 1. The maximum absolute atomic E-state index is 12.8. The van der Waals surface area contributed by atoms with Gasteiger partial charge < -0.3 is 10.1 Å².